The first-order chi connectivity index (χ1) is 9.28. The van der Waals surface area contributed by atoms with Gasteiger partial charge in [-0.2, -0.15) is 0 Å². The van der Waals surface area contributed by atoms with Gasteiger partial charge in [0.2, 0.25) is 0 Å². The maximum Gasteiger partial charge on any atom is 0.123 e. The Hall–Kier alpha value is -1.74. The molecule has 100 valence electrons. The third kappa shape index (κ3) is 4.45. The van der Waals surface area contributed by atoms with E-state index < -0.39 is 0 Å². The van der Waals surface area contributed by atoms with Crippen LogP contribution in [0.5, 0.6) is 0 Å². The standard InChI is InChI=1S/C16H19FN2/c1-2-19(11-8-14-6-9-18-10-7-14)13-15-4-3-5-16(17)12-15/h3-7,9-10,12H,2,8,11,13H2,1H3. The lowest BCUT2D eigenvalue weighted by Gasteiger charge is -2.20. The van der Waals surface area contributed by atoms with Gasteiger partial charge in [-0.25, -0.2) is 4.39 Å². The number of pyridine rings is 1. The van der Waals surface area contributed by atoms with E-state index >= 15 is 0 Å². The fourth-order valence-corrected chi connectivity index (χ4v) is 2.08. The van der Waals surface area contributed by atoms with Crippen LogP contribution in [-0.2, 0) is 13.0 Å². The molecule has 0 fully saturated rings. The van der Waals surface area contributed by atoms with Crippen molar-refractivity contribution in [2.24, 2.45) is 0 Å². The topological polar surface area (TPSA) is 16.1 Å². The Morgan fingerprint density at radius 2 is 1.89 bits per heavy atom. The normalized spacial score (nSPS) is 10.9. The molecule has 2 rings (SSSR count). The highest BCUT2D eigenvalue weighted by atomic mass is 19.1. The zero-order valence-electron chi connectivity index (χ0n) is 11.2. The van der Waals surface area contributed by atoms with Gasteiger partial charge >= 0.3 is 0 Å². The highest BCUT2D eigenvalue weighted by Crippen LogP contribution is 2.08. The van der Waals surface area contributed by atoms with E-state index in [1.807, 2.05) is 30.6 Å². The van der Waals surface area contributed by atoms with Crippen LogP contribution < -0.4 is 0 Å². The zero-order chi connectivity index (χ0) is 13.5. The molecule has 1 aromatic carbocycles. The minimum Gasteiger partial charge on any atom is -0.299 e. The monoisotopic (exact) mass is 258 g/mol. The van der Waals surface area contributed by atoms with Crippen LogP contribution in [-0.4, -0.2) is 23.0 Å². The first kappa shape index (κ1) is 13.7. The summed E-state index contributed by atoms with van der Waals surface area (Å²) in [4.78, 5) is 6.33. The summed E-state index contributed by atoms with van der Waals surface area (Å²) in [7, 11) is 0. The summed E-state index contributed by atoms with van der Waals surface area (Å²) in [5.41, 5.74) is 2.31. The van der Waals surface area contributed by atoms with E-state index in [1.54, 1.807) is 12.1 Å². The van der Waals surface area contributed by atoms with E-state index in [4.69, 9.17) is 0 Å². The molecule has 0 aliphatic rings. The summed E-state index contributed by atoms with van der Waals surface area (Å²) in [5, 5.41) is 0. The predicted octanol–water partition coefficient (Wildman–Crippen LogP) is 3.29. The van der Waals surface area contributed by atoms with Crippen molar-refractivity contribution in [1.29, 1.82) is 0 Å². The summed E-state index contributed by atoms with van der Waals surface area (Å²) in [5.74, 6) is -0.164. The molecule has 0 bridgehead atoms. The number of hydrogen-bond acceptors (Lipinski definition) is 2. The van der Waals surface area contributed by atoms with Crippen molar-refractivity contribution in [2.75, 3.05) is 13.1 Å². The van der Waals surface area contributed by atoms with Crippen molar-refractivity contribution >= 4 is 0 Å². The average molecular weight is 258 g/mol. The summed E-state index contributed by atoms with van der Waals surface area (Å²) in [6, 6.07) is 10.9. The number of nitrogens with zero attached hydrogens (tertiary/aromatic N) is 2. The minimum atomic E-state index is -0.164. The van der Waals surface area contributed by atoms with Crippen molar-refractivity contribution < 1.29 is 4.39 Å². The van der Waals surface area contributed by atoms with Crippen molar-refractivity contribution in [3.05, 3.63) is 65.7 Å². The molecule has 2 nitrogen and oxygen atoms in total. The van der Waals surface area contributed by atoms with Crippen LogP contribution in [0.25, 0.3) is 0 Å². The number of benzene rings is 1. The maximum absolute atomic E-state index is 13.1. The smallest absolute Gasteiger partial charge is 0.123 e. The second kappa shape index (κ2) is 7.00. The molecule has 19 heavy (non-hydrogen) atoms. The molecule has 0 aliphatic carbocycles. The van der Waals surface area contributed by atoms with Gasteiger partial charge < -0.3 is 0 Å². The van der Waals surface area contributed by atoms with Gasteiger partial charge in [-0.1, -0.05) is 19.1 Å². The van der Waals surface area contributed by atoms with Gasteiger partial charge in [-0.05, 0) is 48.4 Å². The lowest BCUT2D eigenvalue weighted by atomic mass is 10.1. The molecule has 3 heteroatoms. The number of halogens is 1. The lowest BCUT2D eigenvalue weighted by Crippen LogP contribution is -2.25. The molecule has 0 spiro atoms. The predicted molar refractivity (Wildman–Crippen MR) is 75.3 cm³/mol. The van der Waals surface area contributed by atoms with Gasteiger partial charge in [-0.3, -0.25) is 9.88 Å². The van der Waals surface area contributed by atoms with Gasteiger partial charge in [0.1, 0.15) is 5.82 Å². The van der Waals surface area contributed by atoms with Crippen LogP contribution in [0.4, 0.5) is 4.39 Å². The van der Waals surface area contributed by atoms with E-state index in [-0.39, 0.29) is 5.82 Å². The Morgan fingerprint density at radius 1 is 1.11 bits per heavy atom. The molecule has 1 aromatic heterocycles. The van der Waals surface area contributed by atoms with E-state index in [2.05, 4.69) is 16.8 Å². The second-order valence-corrected chi connectivity index (χ2v) is 4.60. The molecule has 0 saturated carbocycles. The molecule has 2 aromatic rings. The van der Waals surface area contributed by atoms with E-state index in [9.17, 15) is 4.39 Å². The average Bonchev–Trinajstić information content (AvgIpc) is 2.44. The fraction of sp³-hybridized carbons (Fsp3) is 0.312. The van der Waals surface area contributed by atoms with Gasteiger partial charge in [0.05, 0.1) is 0 Å². The Kier molecular flexibility index (Phi) is 5.04. The Morgan fingerprint density at radius 3 is 2.58 bits per heavy atom. The fourth-order valence-electron chi connectivity index (χ4n) is 2.08. The van der Waals surface area contributed by atoms with Gasteiger partial charge in [0.25, 0.3) is 0 Å². The Bertz CT molecular complexity index is 499. The van der Waals surface area contributed by atoms with Crippen LogP contribution in [0.3, 0.4) is 0 Å². The maximum atomic E-state index is 13.1. The second-order valence-electron chi connectivity index (χ2n) is 4.60. The molecule has 0 aliphatic heterocycles. The van der Waals surface area contributed by atoms with E-state index in [0.717, 1.165) is 31.6 Å². The Balaban J connectivity index is 1.90. The zero-order valence-corrected chi connectivity index (χ0v) is 11.2. The van der Waals surface area contributed by atoms with Crippen LogP contribution in [0.2, 0.25) is 0 Å². The summed E-state index contributed by atoms with van der Waals surface area (Å²) >= 11 is 0. The third-order valence-electron chi connectivity index (χ3n) is 3.21. The lowest BCUT2D eigenvalue weighted by molar-refractivity contribution is 0.283. The molecular formula is C16H19FN2. The number of aromatic nitrogens is 1. The molecule has 0 atom stereocenters. The molecule has 1 heterocycles. The molecule has 0 unspecified atom stereocenters. The first-order valence-electron chi connectivity index (χ1n) is 6.63. The Labute approximate surface area is 113 Å². The number of rotatable bonds is 6. The highest BCUT2D eigenvalue weighted by molar-refractivity contribution is 5.16. The van der Waals surface area contributed by atoms with Crippen LogP contribution >= 0.6 is 0 Å². The highest BCUT2D eigenvalue weighted by Gasteiger charge is 2.05. The van der Waals surface area contributed by atoms with Gasteiger partial charge in [0.15, 0.2) is 0 Å². The van der Waals surface area contributed by atoms with Crippen molar-refractivity contribution in [1.82, 2.24) is 9.88 Å². The SMILES string of the molecule is CCN(CCc1ccncc1)Cc1cccc(F)c1. The first-order valence-corrected chi connectivity index (χ1v) is 6.63. The van der Waals surface area contributed by atoms with Crippen molar-refractivity contribution in [3.8, 4) is 0 Å². The molecule has 0 N–H and O–H groups in total. The van der Waals surface area contributed by atoms with Crippen molar-refractivity contribution in [3.63, 3.8) is 0 Å². The summed E-state index contributed by atoms with van der Waals surface area (Å²) < 4.78 is 13.1. The van der Waals surface area contributed by atoms with Crippen LogP contribution in [0.1, 0.15) is 18.1 Å². The van der Waals surface area contributed by atoms with Gasteiger partial charge in [-0.15, -0.1) is 0 Å². The molecule has 0 saturated heterocycles. The van der Waals surface area contributed by atoms with E-state index in [0.29, 0.717) is 0 Å². The van der Waals surface area contributed by atoms with Gasteiger partial charge in [0, 0.05) is 25.5 Å². The molecule has 0 radical (unpaired) electrons. The van der Waals surface area contributed by atoms with Crippen molar-refractivity contribution in [2.45, 2.75) is 19.9 Å². The molecule has 0 amide bonds. The third-order valence-corrected chi connectivity index (χ3v) is 3.21. The summed E-state index contributed by atoms with van der Waals surface area (Å²) in [6.45, 7) is 4.85. The quantitative estimate of drug-likeness (QED) is 0.790. The minimum absolute atomic E-state index is 0.164. The number of likely N-dealkylation sites (N-methyl/N-ethyl adjacent to an activating group) is 1. The number of hydrogen-bond donors (Lipinski definition) is 0. The van der Waals surface area contributed by atoms with Crippen LogP contribution in [0.15, 0.2) is 48.8 Å². The summed E-state index contributed by atoms with van der Waals surface area (Å²) in [6.07, 6.45) is 4.63. The molecular weight excluding hydrogens is 239 g/mol. The van der Waals surface area contributed by atoms with Crippen LogP contribution in [0, 0.1) is 5.82 Å². The van der Waals surface area contributed by atoms with E-state index in [1.165, 1.54) is 11.6 Å². The largest absolute Gasteiger partial charge is 0.299 e.